The predicted octanol–water partition coefficient (Wildman–Crippen LogP) is 4.44. The van der Waals surface area contributed by atoms with E-state index in [1.807, 2.05) is 0 Å². The molecule has 1 amide bonds. The summed E-state index contributed by atoms with van der Waals surface area (Å²) in [7, 11) is 1.70. The standard InChI is InChI=1S/C20H26F3N3O3.ClH/c1-24(17-6-2-3-7-18(17)25-8-4-5-9-25)19(27)12-14-10-15(20(21,22)23)13-16(11-14)26(28)29;/h10-11,13,17-18H,2-9,12H2,1H3;1H/t17-,18-;/m1./s1. The average Bonchev–Trinajstić information content (AvgIpc) is 3.21. The van der Waals surface area contributed by atoms with E-state index in [9.17, 15) is 28.1 Å². The first kappa shape index (κ1) is 24.4. The lowest BCUT2D eigenvalue weighted by atomic mass is 9.88. The molecule has 2 fully saturated rings. The lowest BCUT2D eigenvalue weighted by Crippen LogP contribution is -2.53. The Hall–Kier alpha value is -1.87. The molecule has 0 radical (unpaired) electrons. The zero-order chi connectivity index (χ0) is 21.2. The highest BCUT2D eigenvalue weighted by molar-refractivity contribution is 5.85. The number of likely N-dealkylation sites (tertiary alicyclic amines) is 1. The minimum atomic E-state index is -4.71. The third kappa shape index (κ3) is 5.63. The number of benzene rings is 1. The van der Waals surface area contributed by atoms with Crippen molar-refractivity contribution in [2.45, 2.75) is 63.2 Å². The Morgan fingerprint density at radius 3 is 2.40 bits per heavy atom. The van der Waals surface area contributed by atoms with Crippen molar-refractivity contribution < 1.29 is 22.9 Å². The molecule has 10 heteroatoms. The van der Waals surface area contributed by atoms with Gasteiger partial charge in [0.15, 0.2) is 0 Å². The van der Waals surface area contributed by atoms with E-state index in [0.29, 0.717) is 6.07 Å². The molecule has 30 heavy (non-hydrogen) atoms. The number of carbonyl (C=O) groups is 1. The smallest absolute Gasteiger partial charge is 0.341 e. The lowest BCUT2D eigenvalue weighted by molar-refractivity contribution is -0.385. The van der Waals surface area contributed by atoms with Gasteiger partial charge in [0.05, 0.1) is 16.9 Å². The van der Waals surface area contributed by atoms with E-state index < -0.39 is 22.4 Å². The number of amides is 1. The summed E-state index contributed by atoms with van der Waals surface area (Å²) in [6.07, 6.45) is 1.30. The first-order valence-electron chi connectivity index (χ1n) is 10.0. The fraction of sp³-hybridized carbons (Fsp3) is 0.650. The predicted molar refractivity (Wildman–Crippen MR) is 109 cm³/mol. The van der Waals surface area contributed by atoms with Crippen LogP contribution in [0.4, 0.5) is 18.9 Å². The van der Waals surface area contributed by atoms with Crippen LogP contribution in [0.25, 0.3) is 0 Å². The Morgan fingerprint density at radius 1 is 1.17 bits per heavy atom. The number of carbonyl (C=O) groups excluding carboxylic acids is 1. The van der Waals surface area contributed by atoms with Crippen LogP contribution in [0.3, 0.4) is 0 Å². The van der Waals surface area contributed by atoms with Gasteiger partial charge in [0.25, 0.3) is 5.69 Å². The van der Waals surface area contributed by atoms with Crippen LogP contribution in [0.1, 0.15) is 49.7 Å². The molecule has 1 saturated carbocycles. The Bertz CT molecular complexity index is 769. The molecular formula is C20H27ClF3N3O3. The number of hydrogen-bond donors (Lipinski definition) is 0. The second-order valence-corrected chi connectivity index (χ2v) is 7.99. The van der Waals surface area contributed by atoms with Crippen molar-refractivity contribution in [2.24, 2.45) is 0 Å². The van der Waals surface area contributed by atoms with Gasteiger partial charge >= 0.3 is 6.18 Å². The monoisotopic (exact) mass is 449 g/mol. The lowest BCUT2D eigenvalue weighted by Gasteiger charge is -2.42. The van der Waals surface area contributed by atoms with Crippen LogP contribution in [-0.2, 0) is 17.4 Å². The van der Waals surface area contributed by atoms with Crippen molar-refractivity contribution in [2.75, 3.05) is 20.1 Å². The van der Waals surface area contributed by atoms with Crippen molar-refractivity contribution in [3.05, 3.63) is 39.4 Å². The minimum Gasteiger partial charge on any atom is -0.341 e. The Labute approximate surface area is 180 Å². The molecule has 0 spiro atoms. The van der Waals surface area contributed by atoms with E-state index in [0.717, 1.165) is 63.7 Å². The van der Waals surface area contributed by atoms with Gasteiger partial charge in [-0.3, -0.25) is 19.8 Å². The molecule has 1 aromatic carbocycles. The third-order valence-electron chi connectivity index (χ3n) is 6.07. The number of alkyl halides is 3. The Balaban J connectivity index is 0.00000320. The molecule has 1 aromatic rings. The molecule has 3 rings (SSSR count). The van der Waals surface area contributed by atoms with Gasteiger partial charge in [-0.15, -0.1) is 12.4 Å². The van der Waals surface area contributed by atoms with E-state index in [-0.39, 0.29) is 42.4 Å². The van der Waals surface area contributed by atoms with E-state index in [2.05, 4.69) is 4.90 Å². The normalized spacial score (nSPS) is 22.4. The quantitative estimate of drug-likeness (QED) is 0.492. The second kappa shape index (κ2) is 9.96. The van der Waals surface area contributed by atoms with Gasteiger partial charge < -0.3 is 4.90 Å². The SMILES string of the molecule is CN(C(=O)Cc1cc([N+](=O)[O-])cc(C(F)(F)F)c1)[C@@H]1CCCC[C@H]1N1CCCC1.Cl. The molecule has 0 unspecified atom stereocenters. The summed E-state index contributed by atoms with van der Waals surface area (Å²) in [5.41, 5.74) is -1.75. The van der Waals surface area contributed by atoms with Crippen LogP contribution in [0, 0.1) is 10.1 Å². The maximum Gasteiger partial charge on any atom is 0.416 e. The second-order valence-electron chi connectivity index (χ2n) is 7.99. The summed E-state index contributed by atoms with van der Waals surface area (Å²) in [5, 5.41) is 11.0. The summed E-state index contributed by atoms with van der Waals surface area (Å²) in [6, 6.07) is 2.69. The summed E-state index contributed by atoms with van der Waals surface area (Å²) >= 11 is 0. The van der Waals surface area contributed by atoms with Crippen LogP contribution < -0.4 is 0 Å². The Morgan fingerprint density at radius 2 is 1.80 bits per heavy atom. The van der Waals surface area contributed by atoms with Gasteiger partial charge in [-0.05, 0) is 50.4 Å². The number of likely N-dealkylation sites (N-methyl/N-ethyl adjacent to an activating group) is 1. The number of rotatable bonds is 5. The zero-order valence-corrected chi connectivity index (χ0v) is 17.7. The molecule has 1 aliphatic heterocycles. The van der Waals surface area contributed by atoms with Gasteiger partial charge in [0.2, 0.25) is 5.91 Å². The molecule has 6 nitrogen and oxygen atoms in total. The van der Waals surface area contributed by atoms with Crippen molar-refractivity contribution in [1.29, 1.82) is 0 Å². The highest BCUT2D eigenvalue weighted by atomic mass is 35.5. The number of halogens is 4. The third-order valence-corrected chi connectivity index (χ3v) is 6.07. The highest BCUT2D eigenvalue weighted by Crippen LogP contribution is 2.33. The van der Waals surface area contributed by atoms with Crippen molar-refractivity contribution >= 4 is 24.0 Å². The fourth-order valence-corrected chi connectivity index (χ4v) is 4.57. The molecule has 2 aliphatic rings. The van der Waals surface area contributed by atoms with Crippen LogP contribution >= 0.6 is 12.4 Å². The number of nitrogens with zero attached hydrogens (tertiary/aromatic N) is 3. The number of nitro groups is 1. The molecular weight excluding hydrogens is 423 g/mol. The van der Waals surface area contributed by atoms with Crippen LogP contribution in [-0.4, -0.2) is 52.9 Å². The summed E-state index contributed by atoms with van der Waals surface area (Å²) in [5.74, 6) is -0.310. The number of nitro benzene ring substituents is 1. The molecule has 0 bridgehead atoms. The minimum absolute atomic E-state index is 0. The van der Waals surface area contributed by atoms with Gasteiger partial charge in [-0.1, -0.05) is 12.8 Å². The van der Waals surface area contributed by atoms with E-state index in [1.165, 1.54) is 0 Å². The van der Waals surface area contributed by atoms with E-state index >= 15 is 0 Å². The number of non-ortho nitro benzene ring substituents is 1. The van der Waals surface area contributed by atoms with Gasteiger partial charge in [-0.25, -0.2) is 0 Å². The van der Waals surface area contributed by atoms with Gasteiger partial charge in [-0.2, -0.15) is 13.2 Å². The largest absolute Gasteiger partial charge is 0.416 e. The topological polar surface area (TPSA) is 66.7 Å². The van der Waals surface area contributed by atoms with Crippen LogP contribution in [0.2, 0.25) is 0 Å². The molecule has 0 N–H and O–H groups in total. The average molecular weight is 450 g/mol. The van der Waals surface area contributed by atoms with Crippen molar-refractivity contribution in [1.82, 2.24) is 9.80 Å². The molecule has 0 aromatic heterocycles. The fourth-order valence-electron chi connectivity index (χ4n) is 4.57. The molecule has 2 atom stereocenters. The molecule has 1 aliphatic carbocycles. The maximum absolute atomic E-state index is 13.1. The van der Waals surface area contributed by atoms with Crippen molar-refractivity contribution in [3.8, 4) is 0 Å². The van der Waals surface area contributed by atoms with E-state index in [4.69, 9.17) is 0 Å². The van der Waals surface area contributed by atoms with E-state index in [1.54, 1.807) is 11.9 Å². The summed E-state index contributed by atoms with van der Waals surface area (Å²) < 4.78 is 39.3. The van der Waals surface area contributed by atoms with Gasteiger partial charge in [0.1, 0.15) is 0 Å². The van der Waals surface area contributed by atoms with Crippen LogP contribution in [0.15, 0.2) is 18.2 Å². The van der Waals surface area contributed by atoms with Crippen molar-refractivity contribution in [3.63, 3.8) is 0 Å². The van der Waals surface area contributed by atoms with Crippen LogP contribution in [0.5, 0.6) is 0 Å². The van der Waals surface area contributed by atoms with Gasteiger partial charge in [0, 0.05) is 31.3 Å². The summed E-state index contributed by atoms with van der Waals surface area (Å²) in [6.45, 7) is 2.03. The summed E-state index contributed by atoms with van der Waals surface area (Å²) in [4.78, 5) is 27.1. The maximum atomic E-state index is 13.1. The zero-order valence-electron chi connectivity index (χ0n) is 16.9. The molecule has 1 heterocycles. The Kier molecular flexibility index (Phi) is 8.10. The first-order chi connectivity index (χ1) is 13.7. The molecule has 168 valence electrons. The first-order valence-corrected chi connectivity index (χ1v) is 10.0. The number of hydrogen-bond acceptors (Lipinski definition) is 4. The highest BCUT2D eigenvalue weighted by Gasteiger charge is 2.36. The molecule has 1 saturated heterocycles.